The molecule has 0 aliphatic carbocycles. The summed E-state index contributed by atoms with van der Waals surface area (Å²) < 4.78 is 0. The third-order valence-corrected chi connectivity index (χ3v) is 2.70. The molecule has 0 rings (SSSR count). The maximum atomic E-state index is 8.77. The molecule has 0 aliphatic rings. The van der Waals surface area contributed by atoms with E-state index in [1.807, 2.05) is 0 Å². The summed E-state index contributed by atoms with van der Waals surface area (Å²) in [7, 11) is 0. The second-order valence-electron chi connectivity index (χ2n) is 3.53. The van der Waals surface area contributed by atoms with E-state index in [9.17, 15) is 0 Å². The molecule has 0 aliphatic heterocycles. The van der Waals surface area contributed by atoms with E-state index in [-0.39, 0.29) is 0 Å². The molecule has 0 saturated heterocycles. The predicted molar refractivity (Wildman–Crippen MR) is 57.7 cm³/mol. The molecule has 0 amide bonds. The molecule has 0 heterocycles. The zero-order chi connectivity index (χ0) is 9.23. The van der Waals surface area contributed by atoms with Crippen LogP contribution >= 0.6 is 15.9 Å². The molecule has 0 aromatic rings. The lowest BCUT2D eigenvalue weighted by atomic mass is 10.0. The van der Waals surface area contributed by atoms with Crippen molar-refractivity contribution in [2.45, 2.75) is 45.4 Å². The van der Waals surface area contributed by atoms with Gasteiger partial charge in [-0.05, 0) is 18.8 Å². The molecular formula is C10H21BrO. The zero-order valence-corrected chi connectivity index (χ0v) is 9.65. The highest BCUT2D eigenvalue weighted by Gasteiger charge is 1.98. The van der Waals surface area contributed by atoms with Crippen LogP contribution in [0.1, 0.15) is 45.4 Å². The second-order valence-corrected chi connectivity index (χ2v) is 4.33. The standard InChI is InChI=1S/C10H21BrO/c1-10(9-12)7-5-3-2-4-6-8-11/h10,12H,2-9H2,1H3/t10-/m1/s1. The monoisotopic (exact) mass is 236 g/mol. The molecule has 0 unspecified atom stereocenters. The van der Waals surface area contributed by atoms with Crippen molar-refractivity contribution in [2.75, 3.05) is 11.9 Å². The highest BCUT2D eigenvalue weighted by atomic mass is 79.9. The predicted octanol–water partition coefficient (Wildman–Crippen LogP) is 3.35. The van der Waals surface area contributed by atoms with Crippen molar-refractivity contribution in [3.05, 3.63) is 0 Å². The smallest absolute Gasteiger partial charge is 0.0456 e. The number of hydrogen-bond acceptors (Lipinski definition) is 1. The molecule has 0 aromatic heterocycles. The van der Waals surface area contributed by atoms with Gasteiger partial charge in [-0.15, -0.1) is 0 Å². The first-order chi connectivity index (χ1) is 5.81. The van der Waals surface area contributed by atoms with Gasteiger partial charge in [0.15, 0.2) is 0 Å². The van der Waals surface area contributed by atoms with Crippen molar-refractivity contribution in [3.8, 4) is 0 Å². The molecule has 0 spiro atoms. The van der Waals surface area contributed by atoms with Crippen LogP contribution in [0.3, 0.4) is 0 Å². The van der Waals surface area contributed by atoms with E-state index < -0.39 is 0 Å². The number of halogens is 1. The maximum absolute atomic E-state index is 8.77. The summed E-state index contributed by atoms with van der Waals surface area (Å²) in [5.74, 6) is 0.501. The second kappa shape index (κ2) is 9.53. The van der Waals surface area contributed by atoms with E-state index >= 15 is 0 Å². The topological polar surface area (TPSA) is 20.2 Å². The van der Waals surface area contributed by atoms with Crippen molar-refractivity contribution >= 4 is 15.9 Å². The van der Waals surface area contributed by atoms with Crippen LogP contribution in [-0.2, 0) is 0 Å². The largest absolute Gasteiger partial charge is 0.396 e. The van der Waals surface area contributed by atoms with Crippen molar-refractivity contribution in [2.24, 2.45) is 5.92 Å². The first-order valence-electron chi connectivity index (χ1n) is 4.98. The van der Waals surface area contributed by atoms with E-state index in [1.165, 1.54) is 38.5 Å². The van der Waals surface area contributed by atoms with Gasteiger partial charge in [0, 0.05) is 11.9 Å². The minimum Gasteiger partial charge on any atom is -0.396 e. The molecule has 1 nitrogen and oxygen atoms in total. The number of alkyl halides is 1. The van der Waals surface area contributed by atoms with E-state index in [0.717, 1.165) is 5.33 Å². The summed E-state index contributed by atoms with van der Waals surface area (Å²) >= 11 is 3.42. The molecule has 0 fully saturated rings. The zero-order valence-electron chi connectivity index (χ0n) is 8.06. The van der Waals surface area contributed by atoms with Crippen molar-refractivity contribution in [1.82, 2.24) is 0 Å². The third-order valence-electron chi connectivity index (χ3n) is 2.14. The van der Waals surface area contributed by atoms with Crippen molar-refractivity contribution in [3.63, 3.8) is 0 Å². The molecule has 74 valence electrons. The lowest BCUT2D eigenvalue weighted by molar-refractivity contribution is 0.227. The van der Waals surface area contributed by atoms with Gasteiger partial charge >= 0.3 is 0 Å². The first kappa shape index (κ1) is 12.4. The average molecular weight is 237 g/mol. The number of aliphatic hydroxyl groups excluding tert-OH is 1. The molecule has 12 heavy (non-hydrogen) atoms. The SMILES string of the molecule is C[C@@H](CO)CCCCCCCBr. The van der Waals surface area contributed by atoms with Gasteiger partial charge in [0.1, 0.15) is 0 Å². The fourth-order valence-electron chi connectivity index (χ4n) is 1.21. The molecule has 0 saturated carbocycles. The summed E-state index contributed by atoms with van der Waals surface area (Å²) in [5, 5.41) is 9.91. The van der Waals surface area contributed by atoms with Crippen LogP contribution in [0.2, 0.25) is 0 Å². The van der Waals surface area contributed by atoms with Crippen LogP contribution in [0.15, 0.2) is 0 Å². The first-order valence-corrected chi connectivity index (χ1v) is 6.10. The van der Waals surface area contributed by atoms with Gasteiger partial charge in [0.05, 0.1) is 0 Å². The Balaban J connectivity index is 2.90. The number of rotatable bonds is 8. The van der Waals surface area contributed by atoms with Gasteiger partial charge in [-0.25, -0.2) is 0 Å². The molecule has 0 aromatic carbocycles. The van der Waals surface area contributed by atoms with E-state index in [2.05, 4.69) is 22.9 Å². The lowest BCUT2D eigenvalue weighted by Crippen LogP contribution is -1.99. The van der Waals surface area contributed by atoms with E-state index in [4.69, 9.17) is 5.11 Å². The van der Waals surface area contributed by atoms with Gasteiger partial charge in [-0.1, -0.05) is 48.5 Å². The quantitative estimate of drug-likeness (QED) is 0.507. The van der Waals surface area contributed by atoms with Crippen LogP contribution in [0.4, 0.5) is 0 Å². The Bertz CT molecular complexity index is 85.9. The van der Waals surface area contributed by atoms with Crippen molar-refractivity contribution < 1.29 is 5.11 Å². The molecule has 2 heteroatoms. The minimum absolute atomic E-state index is 0.349. The number of unbranched alkanes of at least 4 members (excludes halogenated alkanes) is 4. The highest BCUT2D eigenvalue weighted by molar-refractivity contribution is 9.09. The number of aliphatic hydroxyl groups is 1. The summed E-state index contributed by atoms with van der Waals surface area (Å²) in [5.41, 5.74) is 0. The normalized spacial score (nSPS) is 13.2. The summed E-state index contributed by atoms with van der Waals surface area (Å²) in [6, 6.07) is 0. The molecule has 0 radical (unpaired) electrons. The summed E-state index contributed by atoms with van der Waals surface area (Å²) in [4.78, 5) is 0. The Kier molecular flexibility index (Phi) is 9.88. The molecule has 1 atom stereocenters. The van der Waals surface area contributed by atoms with Gasteiger partial charge in [-0.3, -0.25) is 0 Å². The maximum Gasteiger partial charge on any atom is 0.0456 e. The van der Waals surface area contributed by atoms with E-state index in [0.29, 0.717) is 12.5 Å². The number of hydrogen-bond donors (Lipinski definition) is 1. The summed E-state index contributed by atoms with van der Waals surface area (Å²) in [6.45, 7) is 2.46. The van der Waals surface area contributed by atoms with Crippen LogP contribution < -0.4 is 0 Å². The van der Waals surface area contributed by atoms with Crippen LogP contribution in [0, 0.1) is 5.92 Å². The van der Waals surface area contributed by atoms with Gasteiger partial charge in [-0.2, -0.15) is 0 Å². The summed E-state index contributed by atoms with van der Waals surface area (Å²) in [6.07, 6.45) is 7.80. The fourth-order valence-corrected chi connectivity index (χ4v) is 1.61. The highest BCUT2D eigenvalue weighted by Crippen LogP contribution is 2.10. The fraction of sp³-hybridized carbons (Fsp3) is 1.00. The minimum atomic E-state index is 0.349. The Morgan fingerprint density at radius 1 is 1.08 bits per heavy atom. The average Bonchev–Trinajstić information content (AvgIpc) is 2.10. The lowest BCUT2D eigenvalue weighted by Gasteiger charge is -2.06. The Morgan fingerprint density at radius 2 is 1.67 bits per heavy atom. The van der Waals surface area contributed by atoms with Crippen LogP contribution in [-0.4, -0.2) is 17.0 Å². The van der Waals surface area contributed by atoms with Gasteiger partial charge in [0.2, 0.25) is 0 Å². The third kappa shape index (κ3) is 8.54. The van der Waals surface area contributed by atoms with Crippen LogP contribution in [0.5, 0.6) is 0 Å². The van der Waals surface area contributed by atoms with E-state index in [1.54, 1.807) is 0 Å². The molecular weight excluding hydrogens is 216 g/mol. The molecule has 1 N–H and O–H groups in total. The van der Waals surface area contributed by atoms with Crippen LogP contribution in [0.25, 0.3) is 0 Å². The Labute approximate surface area is 84.7 Å². The van der Waals surface area contributed by atoms with Gasteiger partial charge < -0.3 is 5.11 Å². The van der Waals surface area contributed by atoms with Gasteiger partial charge in [0.25, 0.3) is 0 Å². The van der Waals surface area contributed by atoms with Crippen molar-refractivity contribution in [1.29, 1.82) is 0 Å². The Hall–Kier alpha value is 0.440. The molecule has 0 bridgehead atoms. The Morgan fingerprint density at radius 3 is 2.25 bits per heavy atom.